The molecular formula is C14H12FIN2O2. The Morgan fingerprint density at radius 1 is 1.30 bits per heavy atom. The molecule has 0 aliphatic carbocycles. The summed E-state index contributed by atoms with van der Waals surface area (Å²) >= 11 is 1.93. The number of hydrogen-bond donors (Lipinski definition) is 0. The van der Waals surface area contributed by atoms with Crippen LogP contribution in [0.2, 0.25) is 0 Å². The molecule has 0 aliphatic rings. The minimum atomic E-state index is -0.414. The first-order valence-electron chi connectivity index (χ1n) is 5.87. The molecule has 6 heteroatoms. The second-order valence-corrected chi connectivity index (χ2v) is 5.50. The number of halogens is 2. The molecule has 0 amide bonds. The molecule has 0 radical (unpaired) electrons. The minimum absolute atomic E-state index is 0.0774. The number of hydrogen-bond acceptors (Lipinski definition) is 3. The maximum Gasteiger partial charge on any atom is 0.282 e. The van der Waals surface area contributed by atoms with Gasteiger partial charge in [0.2, 0.25) is 0 Å². The van der Waals surface area contributed by atoms with E-state index >= 15 is 0 Å². The Bertz CT molecular complexity index is 649. The molecule has 2 rings (SSSR count). The molecule has 0 atom stereocenters. The SMILES string of the molecule is CN(Cc1ccccc1F)c1ccc([N+](=O)[O-])c(I)c1. The highest BCUT2D eigenvalue weighted by molar-refractivity contribution is 14.1. The molecule has 0 spiro atoms. The molecule has 0 unspecified atom stereocenters. The van der Waals surface area contributed by atoms with Crippen LogP contribution in [0.1, 0.15) is 5.56 Å². The molecule has 2 aromatic rings. The molecule has 0 N–H and O–H groups in total. The van der Waals surface area contributed by atoms with Crippen LogP contribution in [0, 0.1) is 19.5 Å². The highest BCUT2D eigenvalue weighted by Gasteiger charge is 2.13. The van der Waals surface area contributed by atoms with Crippen LogP contribution in [0.4, 0.5) is 15.8 Å². The topological polar surface area (TPSA) is 46.4 Å². The average molecular weight is 386 g/mol. The van der Waals surface area contributed by atoms with Gasteiger partial charge < -0.3 is 4.90 Å². The first kappa shape index (κ1) is 14.7. The van der Waals surface area contributed by atoms with E-state index in [-0.39, 0.29) is 11.5 Å². The Kier molecular flexibility index (Phi) is 4.53. The van der Waals surface area contributed by atoms with Crippen molar-refractivity contribution in [1.29, 1.82) is 0 Å². The second-order valence-electron chi connectivity index (χ2n) is 4.34. The van der Waals surface area contributed by atoms with E-state index in [9.17, 15) is 14.5 Å². The normalized spacial score (nSPS) is 10.3. The summed E-state index contributed by atoms with van der Waals surface area (Å²) in [4.78, 5) is 12.2. The lowest BCUT2D eigenvalue weighted by molar-refractivity contribution is -0.385. The number of benzene rings is 2. The van der Waals surface area contributed by atoms with Crippen LogP contribution in [-0.2, 0) is 6.54 Å². The van der Waals surface area contributed by atoms with E-state index in [1.54, 1.807) is 30.3 Å². The lowest BCUT2D eigenvalue weighted by Gasteiger charge is -2.20. The first-order chi connectivity index (χ1) is 9.49. The average Bonchev–Trinajstić information content (AvgIpc) is 2.40. The predicted octanol–water partition coefficient (Wildman–Crippen LogP) is 3.97. The Morgan fingerprint density at radius 3 is 2.60 bits per heavy atom. The monoisotopic (exact) mass is 386 g/mol. The van der Waals surface area contributed by atoms with Crippen molar-refractivity contribution in [3.8, 4) is 0 Å². The van der Waals surface area contributed by atoms with Gasteiger partial charge in [0.1, 0.15) is 5.82 Å². The molecule has 0 aromatic heterocycles. The summed E-state index contributed by atoms with van der Waals surface area (Å²) in [5.74, 6) is -0.254. The summed E-state index contributed by atoms with van der Waals surface area (Å²) < 4.78 is 14.2. The quantitative estimate of drug-likeness (QED) is 0.454. The van der Waals surface area contributed by atoms with Crippen LogP contribution in [-0.4, -0.2) is 12.0 Å². The number of nitro benzene ring substituents is 1. The van der Waals surface area contributed by atoms with Crippen LogP contribution < -0.4 is 4.90 Å². The van der Waals surface area contributed by atoms with Gasteiger partial charge in [0.25, 0.3) is 5.69 Å². The summed E-state index contributed by atoms with van der Waals surface area (Å²) in [5, 5.41) is 10.8. The third-order valence-corrected chi connectivity index (χ3v) is 3.80. The molecule has 0 saturated carbocycles. The van der Waals surface area contributed by atoms with Crippen LogP contribution in [0.25, 0.3) is 0 Å². The van der Waals surface area contributed by atoms with Gasteiger partial charge in [-0.3, -0.25) is 10.1 Å². The minimum Gasteiger partial charge on any atom is -0.370 e. The van der Waals surface area contributed by atoms with Crippen molar-refractivity contribution in [2.24, 2.45) is 0 Å². The van der Waals surface area contributed by atoms with Crippen LogP contribution in [0.15, 0.2) is 42.5 Å². The van der Waals surface area contributed by atoms with Gasteiger partial charge in [-0.1, -0.05) is 18.2 Å². The number of nitrogens with zero attached hydrogens (tertiary/aromatic N) is 2. The van der Waals surface area contributed by atoms with Gasteiger partial charge in [0, 0.05) is 30.9 Å². The van der Waals surface area contributed by atoms with Crippen LogP contribution in [0.3, 0.4) is 0 Å². The zero-order chi connectivity index (χ0) is 14.7. The summed E-state index contributed by atoms with van der Waals surface area (Å²) in [5.41, 5.74) is 1.47. The summed E-state index contributed by atoms with van der Waals surface area (Å²) in [6, 6.07) is 11.4. The van der Waals surface area contributed by atoms with E-state index in [4.69, 9.17) is 0 Å². The third kappa shape index (κ3) is 3.24. The number of nitro groups is 1. The molecule has 104 valence electrons. The fourth-order valence-electron chi connectivity index (χ4n) is 1.85. The Labute approximate surface area is 129 Å². The highest BCUT2D eigenvalue weighted by atomic mass is 127. The van der Waals surface area contributed by atoms with Gasteiger partial charge in [-0.2, -0.15) is 0 Å². The van der Waals surface area contributed by atoms with Crippen molar-refractivity contribution in [2.75, 3.05) is 11.9 Å². The zero-order valence-corrected chi connectivity index (χ0v) is 12.9. The molecule has 0 heterocycles. The van der Waals surface area contributed by atoms with Gasteiger partial charge in [0.05, 0.1) is 8.49 Å². The summed E-state index contributed by atoms with van der Waals surface area (Å²) in [6.45, 7) is 0.403. The van der Waals surface area contributed by atoms with Gasteiger partial charge in [-0.15, -0.1) is 0 Å². The van der Waals surface area contributed by atoms with Gasteiger partial charge >= 0.3 is 0 Å². The van der Waals surface area contributed by atoms with Crippen molar-refractivity contribution >= 4 is 34.0 Å². The van der Waals surface area contributed by atoms with E-state index in [1.807, 2.05) is 34.5 Å². The molecule has 0 fully saturated rings. The van der Waals surface area contributed by atoms with E-state index < -0.39 is 4.92 Å². The molecule has 0 saturated heterocycles. The fraction of sp³-hybridized carbons (Fsp3) is 0.143. The molecule has 2 aromatic carbocycles. The second kappa shape index (κ2) is 6.17. The van der Waals surface area contributed by atoms with Gasteiger partial charge in [0.15, 0.2) is 0 Å². The Hall–Kier alpha value is -1.70. The smallest absolute Gasteiger partial charge is 0.282 e. The third-order valence-electron chi connectivity index (χ3n) is 2.93. The first-order valence-corrected chi connectivity index (χ1v) is 6.95. The Balaban J connectivity index is 2.22. The van der Waals surface area contributed by atoms with Crippen molar-refractivity contribution in [1.82, 2.24) is 0 Å². The maximum absolute atomic E-state index is 13.6. The van der Waals surface area contributed by atoms with Crippen molar-refractivity contribution in [3.63, 3.8) is 0 Å². The maximum atomic E-state index is 13.6. The molecular weight excluding hydrogens is 374 g/mol. The standard InChI is InChI=1S/C14H12FIN2O2/c1-17(9-10-4-2-3-5-12(10)15)11-6-7-14(18(19)20)13(16)8-11/h2-8H,9H2,1H3. The number of rotatable bonds is 4. The van der Waals surface area contributed by atoms with Crippen LogP contribution in [0.5, 0.6) is 0 Å². The molecule has 4 nitrogen and oxygen atoms in total. The van der Waals surface area contributed by atoms with Crippen LogP contribution >= 0.6 is 22.6 Å². The molecule has 0 bridgehead atoms. The lowest BCUT2D eigenvalue weighted by atomic mass is 10.2. The Morgan fingerprint density at radius 2 is 2.00 bits per heavy atom. The predicted molar refractivity (Wildman–Crippen MR) is 84.3 cm³/mol. The van der Waals surface area contributed by atoms with Crippen molar-refractivity contribution in [3.05, 3.63) is 67.5 Å². The van der Waals surface area contributed by atoms with Crippen molar-refractivity contribution < 1.29 is 9.31 Å². The highest BCUT2D eigenvalue weighted by Crippen LogP contribution is 2.26. The molecule has 20 heavy (non-hydrogen) atoms. The van der Waals surface area contributed by atoms with E-state index in [2.05, 4.69) is 0 Å². The number of anilines is 1. The molecule has 0 aliphatic heterocycles. The van der Waals surface area contributed by atoms with Crippen molar-refractivity contribution in [2.45, 2.75) is 6.54 Å². The van der Waals surface area contributed by atoms with E-state index in [1.165, 1.54) is 12.1 Å². The van der Waals surface area contributed by atoms with E-state index in [0.29, 0.717) is 15.7 Å². The zero-order valence-electron chi connectivity index (χ0n) is 10.7. The summed E-state index contributed by atoms with van der Waals surface area (Å²) in [7, 11) is 1.82. The lowest BCUT2D eigenvalue weighted by Crippen LogP contribution is -2.17. The van der Waals surface area contributed by atoms with Gasteiger partial charge in [-0.05, 0) is 40.8 Å². The van der Waals surface area contributed by atoms with Gasteiger partial charge in [-0.25, -0.2) is 4.39 Å². The fourth-order valence-corrected chi connectivity index (χ4v) is 2.55. The summed E-state index contributed by atoms with van der Waals surface area (Å²) in [6.07, 6.45) is 0. The van der Waals surface area contributed by atoms with E-state index in [0.717, 1.165) is 5.69 Å². The largest absolute Gasteiger partial charge is 0.370 e.